The average Bonchev–Trinajstić information content (AvgIpc) is 2.48. The van der Waals surface area contributed by atoms with Crippen LogP contribution >= 0.6 is 0 Å². The van der Waals surface area contributed by atoms with Gasteiger partial charge in [0.25, 0.3) is 5.91 Å². The summed E-state index contributed by atoms with van der Waals surface area (Å²) in [6.45, 7) is 2.65. The van der Waals surface area contributed by atoms with Gasteiger partial charge in [-0.2, -0.15) is 0 Å². The molecule has 0 saturated heterocycles. The lowest BCUT2D eigenvalue weighted by Crippen LogP contribution is -2.26. The fraction of sp³-hybridized carbons (Fsp3) is 0.200. The minimum Gasteiger partial charge on any atom is -0.362 e. The molecule has 0 aliphatic heterocycles. The van der Waals surface area contributed by atoms with E-state index in [-0.39, 0.29) is 12.6 Å². The van der Waals surface area contributed by atoms with Crippen molar-refractivity contribution < 1.29 is 9.53 Å². The van der Waals surface area contributed by atoms with E-state index in [2.05, 4.69) is 10.3 Å². The number of pyridine rings is 1. The molecule has 2 aromatic rings. The third-order valence-electron chi connectivity index (χ3n) is 2.64. The molecule has 0 saturated carbocycles. The normalized spacial score (nSPS) is 10.2. The lowest BCUT2D eigenvalue weighted by atomic mass is 10.1. The molecular formula is C15H16N2O2. The highest BCUT2D eigenvalue weighted by atomic mass is 16.5. The fourth-order valence-corrected chi connectivity index (χ4v) is 1.64. The van der Waals surface area contributed by atoms with Crippen molar-refractivity contribution in [3.8, 4) is 11.1 Å². The van der Waals surface area contributed by atoms with Crippen LogP contribution in [0.4, 0.5) is 0 Å². The summed E-state index contributed by atoms with van der Waals surface area (Å²) in [6, 6.07) is 13.5. The summed E-state index contributed by atoms with van der Waals surface area (Å²) < 4.78 is 5.06. The Morgan fingerprint density at radius 3 is 2.58 bits per heavy atom. The summed E-state index contributed by atoms with van der Waals surface area (Å²) in [7, 11) is 0. The molecule has 19 heavy (non-hydrogen) atoms. The van der Waals surface area contributed by atoms with Gasteiger partial charge in [-0.25, -0.2) is 0 Å². The van der Waals surface area contributed by atoms with Crippen molar-refractivity contribution in [2.75, 3.05) is 13.3 Å². The summed E-state index contributed by atoms with van der Waals surface area (Å²) in [5.74, 6) is -0.229. The zero-order valence-corrected chi connectivity index (χ0v) is 10.8. The number of ether oxygens (including phenoxy) is 1. The van der Waals surface area contributed by atoms with E-state index in [1.54, 1.807) is 12.3 Å². The Kier molecular flexibility index (Phi) is 4.64. The van der Waals surface area contributed by atoms with E-state index in [0.29, 0.717) is 12.3 Å². The van der Waals surface area contributed by atoms with Crippen LogP contribution in [0.3, 0.4) is 0 Å². The van der Waals surface area contributed by atoms with E-state index in [1.165, 1.54) is 0 Å². The Bertz CT molecular complexity index is 524. The Hall–Kier alpha value is -2.20. The standard InChI is InChI=1S/C15H16N2O2/c1-2-19-11-17-15(18)14-9-8-13(10-16-14)12-6-4-3-5-7-12/h3-10H,2,11H2,1H3,(H,17,18). The molecule has 1 amide bonds. The number of carbonyl (C=O) groups is 1. The van der Waals surface area contributed by atoms with Gasteiger partial charge in [0, 0.05) is 18.4 Å². The van der Waals surface area contributed by atoms with Crippen LogP contribution in [0.15, 0.2) is 48.7 Å². The van der Waals surface area contributed by atoms with E-state index in [9.17, 15) is 4.79 Å². The maximum atomic E-state index is 11.7. The van der Waals surface area contributed by atoms with Gasteiger partial charge in [-0.05, 0) is 18.6 Å². The second-order valence-corrected chi connectivity index (χ2v) is 3.94. The third-order valence-corrected chi connectivity index (χ3v) is 2.64. The molecule has 1 aromatic heterocycles. The van der Waals surface area contributed by atoms with E-state index in [0.717, 1.165) is 11.1 Å². The molecule has 0 aliphatic rings. The van der Waals surface area contributed by atoms with Gasteiger partial charge in [-0.1, -0.05) is 36.4 Å². The molecule has 0 unspecified atom stereocenters. The number of amides is 1. The van der Waals surface area contributed by atoms with Crippen molar-refractivity contribution in [1.29, 1.82) is 0 Å². The Balaban J connectivity index is 2.04. The highest BCUT2D eigenvalue weighted by molar-refractivity contribution is 5.92. The van der Waals surface area contributed by atoms with Gasteiger partial charge in [0.1, 0.15) is 12.4 Å². The molecular weight excluding hydrogens is 240 g/mol. The van der Waals surface area contributed by atoms with Crippen molar-refractivity contribution in [2.45, 2.75) is 6.92 Å². The molecule has 0 atom stereocenters. The topological polar surface area (TPSA) is 51.2 Å². The van der Waals surface area contributed by atoms with E-state index < -0.39 is 0 Å². The van der Waals surface area contributed by atoms with Crippen molar-refractivity contribution in [1.82, 2.24) is 10.3 Å². The molecule has 0 fully saturated rings. The molecule has 1 heterocycles. The van der Waals surface area contributed by atoms with E-state index in [4.69, 9.17) is 4.74 Å². The van der Waals surface area contributed by atoms with Crippen molar-refractivity contribution in [3.63, 3.8) is 0 Å². The molecule has 98 valence electrons. The maximum absolute atomic E-state index is 11.7. The maximum Gasteiger partial charge on any atom is 0.271 e. The second-order valence-electron chi connectivity index (χ2n) is 3.94. The number of carbonyl (C=O) groups excluding carboxylic acids is 1. The van der Waals surface area contributed by atoms with Crippen LogP contribution in [0.2, 0.25) is 0 Å². The van der Waals surface area contributed by atoms with Crippen molar-refractivity contribution in [2.24, 2.45) is 0 Å². The molecule has 1 N–H and O–H groups in total. The van der Waals surface area contributed by atoms with Gasteiger partial charge in [-0.3, -0.25) is 9.78 Å². The van der Waals surface area contributed by atoms with Gasteiger partial charge in [-0.15, -0.1) is 0 Å². The third kappa shape index (κ3) is 3.63. The summed E-state index contributed by atoms with van der Waals surface area (Å²) in [6.07, 6.45) is 1.70. The first kappa shape index (κ1) is 13.2. The van der Waals surface area contributed by atoms with Crippen LogP contribution in [0.25, 0.3) is 11.1 Å². The number of nitrogens with zero attached hydrogens (tertiary/aromatic N) is 1. The number of aromatic nitrogens is 1. The highest BCUT2D eigenvalue weighted by Gasteiger charge is 2.06. The smallest absolute Gasteiger partial charge is 0.271 e. The summed E-state index contributed by atoms with van der Waals surface area (Å²) >= 11 is 0. The number of hydrogen-bond acceptors (Lipinski definition) is 3. The molecule has 0 aliphatic carbocycles. The van der Waals surface area contributed by atoms with Gasteiger partial charge in [0.2, 0.25) is 0 Å². The molecule has 2 rings (SSSR count). The van der Waals surface area contributed by atoms with Crippen molar-refractivity contribution >= 4 is 5.91 Å². The average molecular weight is 256 g/mol. The number of nitrogens with one attached hydrogen (secondary N) is 1. The van der Waals surface area contributed by atoms with Gasteiger partial charge >= 0.3 is 0 Å². The summed E-state index contributed by atoms with van der Waals surface area (Å²) in [5, 5.41) is 2.64. The SMILES string of the molecule is CCOCNC(=O)c1ccc(-c2ccccc2)cn1. The minimum absolute atomic E-state index is 0.206. The zero-order valence-electron chi connectivity index (χ0n) is 10.8. The first-order chi connectivity index (χ1) is 9.31. The molecule has 4 nitrogen and oxygen atoms in total. The van der Waals surface area contributed by atoms with Gasteiger partial charge in [0.15, 0.2) is 0 Å². The quantitative estimate of drug-likeness (QED) is 0.660. The molecule has 0 spiro atoms. The highest BCUT2D eigenvalue weighted by Crippen LogP contribution is 2.17. The molecule has 4 heteroatoms. The summed E-state index contributed by atoms with van der Waals surface area (Å²) in [4.78, 5) is 15.9. The van der Waals surface area contributed by atoms with Crippen LogP contribution < -0.4 is 5.32 Å². The van der Waals surface area contributed by atoms with E-state index in [1.807, 2.05) is 43.3 Å². The Morgan fingerprint density at radius 1 is 1.16 bits per heavy atom. The number of benzene rings is 1. The Labute approximate surface area is 112 Å². The lowest BCUT2D eigenvalue weighted by molar-refractivity contribution is 0.0812. The van der Waals surface area contributed by atoms with Crippen LogP contribution in [0, 0.1) is 0 Å². The van der Waals surface area contributed by atoms with Crippen molar-refractivity contribution in [3.05, 3.63) is 54.4 Å². The number of rotatable bonds is 5. The fourth-order valence-electron chi connectivity index (χ4n) is 1.64. The van der Waals surface area contributed by atoms with Crippen LogP contribution in [-0.2, 0) is 4.74 Å². The predicted octanol–water partition coefficient (Wildman–Crippen LogP) is 2.47. The molecule has 1 aromatic carbocycles. The monoisotopic (exact) mass is 256 g/mol. The second kappa shape index (κ2) is 6.66. The zero-order chi connectivity index (χ0) is 13.5. The predicted molar refractivity (Wildman–Crippen MR) is 73.6 cm³/mol. The number of hydrogen-bond donors (Lipinski definition) is 1. The largest absolute Gasteiger partial charge is 0.362 e. The van der Waals surface area contributed by atoms with Crippen LogP contribution in [0.1, 0.15) is 17.4 Å². The van der Waals surface area contributed by atoms with Gasteiger partial charge in [0.05, 0.1) is 0 Å². The summed E-state index contributed by atoms with van der Waals surface area (Å²) in [5.41, 5.74) is 2.46. The first-order valence-corrected chi connectivity index (χ1v) is 6.18. The van der Waals surface area contributed by atoms with E-state index >= 15 is 0 Å². The molecule has 0 bridgehead atoms. The minimum atomic E-state index is -0.229. The van der Waals surface area contributed by atoms with Crippen LogP contribution in [0.5, 0.6) is 0 Å². The Morgan fingerprint density at radius 2 is 1.95 bits per heavy atom. The van der Waals surface area contributed by atoms with Crippen LogP contribution in [-0.4, -0.2) is 24.2 Å². The first-order valence-electron chi connectivity index (χ1n) is 6.18. The molecule has 0 radical (unpaired) electrons. The lowest BCUT2D eigenvalue weighted by Gasteiger charge is -2.05. The van der Waals surface area contributed by atoms with Gasteiger partial charge < -0.3 is 10.1 Å².